The number of H-pyrrole nitrogens is 1. The van der Waals surface area contributed by atoms with E-state index in [9.17, 15) is 13.2 Å². The third-order valence-corrected chi connectivity index (χ3v) is 6.86. The predicted octanol–water partition coefficient (Wildman–Crippen LogP) is 1.74. The van der Waals surface area contributed by atoms with Crippen molar-refractivity contribution in [3.63, 3.8) is 0 Å². The molecule has 1 saturated heterocycles. The number of aromatic nitrogens is 4. The van der Waals surface area contributed by atoms with Crippen LogP contribution < -0.4 is 9.86 Å². The van der Waals surface area contributed by atoms with Gasteiger partial charge in [-0.25, -0.2) is 13.4 Å². The van der Waals surface area contributed by atoms with E-state index in [0.717, 1.165) is 24.1 Å². The van der Waals surface area contributed by atoms with Gasteiger partial charge in [0.25, 0.3) is 5.56 Å². The van der Waals surface area contributed by atoms with Crippen LogP contribution in [0.4, 0.5) is 5.69 Å². The van der Waals surface area contributed by atoms with Crippen molar-refractivity contribution in [2.45, 2.75) is 32.6 Å². The lowest BCUT2D eigenvalue weighted by Crippen LogP contribution is -2.24. The second-order valence-electron chi connectivity index (χ2n) is 7.12. The van der Waals surface area contributed by atoms with Gasteiger partial charge in [0.2, 0.25) is 10.0 Å². The Bertz CT molecular complexity index is 1180. The first-order chi connectivity index (χ1) is 13.4. The Balaban J connectivity index is 1.63. The summed E-state index contributed by atoms with van der Waals surface area (Å²) in [7, 11) is -1.43. The molecule has 0 unspecified atom stereocenters. The molecule has 1 aliphatic heterocycles. The van der Waals surface area contributed by atoms with E-state index in [0.29, 0.717) is 41.9 Å². The zero-order valence-corrected chi connectivity index (χ0v) is 16.8. The maximum absolute atomic E-state index is 12.5. The number of fused-ring (bicyclic) bond motifs is 1. The first kappa shape index (κ1) is 18.7. The third kappa shape index (κ3) is 3.30. The van der Waals surface area contributed by atoms with Crippen molar-refractivity contribution in [1.29, 1.82) is 0 Å². The number of aromatic amines is 1. The zero-order valence-electron chi connectivity index (χ0n) is 16.0. The summed E-state index contributed by atoms with van der Waals surface area (Å²) in [5, 5.41) is 4.43. The molecule has 0 atom stereocenters. The Morgan fingerprint density at radius 3 is 2.61 bits per heavy atom. The monoisotopic (exact) mass is 401 g/mol. The minimum atomic E-state index is -3.19. The number of hydrogen-bond donors (Lipinski definition) is 1. The van der Waals surface area contributed by atoms with Gasteiger partial charge in [0.05, 0.1) is 17.1 Å². The minimum Gasteiger partial charge on any atom is -0.308 e. The van der Waals surface area contributed by atoms with Gasteiger partial charge in [0.1, 0.15) is 11.3 Å². The molecule has 3 aromatic rings. The van der Waals surface area contributed by atoms with Crippen LogP contribution in [-0.4, -0.2) is 40.5 Å². The number of hydrogen-bond acceptors (Lipinski definition) is 5. The Morgan fingerprint density at radius 1 is 1.21 bits per heavy atom. The standard InChI is InChI=1S/C19H23N5O3S/c1-3-5-15-17-18(23(2)22-15)19(25)21-16(20-17)12-13-6-8-14(9-7-13)24-10-4-11-28(24,26)27/h6-9H,3-5,10-12H2,1-2H3,(H,20,21,25). The van der Waals surface area contributed by atoms with E-state index in [4.69, 9.17) is 0 Å². The summed E-state index contributed by atoms with van der Waals surface area (Å²) in [6.45, 7) is 2.59. The fourth-order valence-corrected chi connectivity index (χ4v) is 5.25. The van der Waals surface area contributed by atoms with E-state index in [1.165, 1.54) is 4.31 Å². The molecule has 0 spiro atoms. The third-order valence-electron chi connectivity index (χ3n) is 4.99. The van der Waals surface area contributed by atoms with Crippen molar-refractivity contribution in [3.05, 3.63) is 51.7 Å². The maximum Gasteiger partial charge on any atom is 0.277 e. The minimum absolute atomic E-state index is 0.197. The smallest absolute Gasteiger partial charge is 0.277 e. The second kappa shape index (κ2) is 7.05. The first-order valence-corrected chi connectivity index (χ1v) is 11.0. The molecule has 28 heavy (non-hydrogen) atoms. The first-order valence-electron chi connectivity index (χ1n) is 9.43. The summed E-state index contributed by atoms with van der Waals surface area (Å²) >= 11 is 0. The molecule has 1 aliphatic rings. The van der Waals surface area contributed by atoms with Gasteiger partial charge < -0.3 is 4.98 Å². The molecule has 0 amide bonds. The Kier molecular flexibility index (Phi) is 4.70. The van der Waals surface area contributed by atoms with Crippen LogP contribution in [-0.2, 0) is 29.9 Å². The van der Waals surface area contributed by atoms with Crippen LogP contribution in [0, 0.1) is 0 Å². The van der Waals surface area contributed by atoms with Gasteiger partial charge in [0.15, 0.2) is 5.52 Å². The molecule has 0 aliphatic carbocycles. The summed E-state index contributed by atoms with van der Waals surface area (Å²) in [6.07, 6.45) is 2.81. The van der Waals surface area contributed by atoms with Gasteiger partial charge in [-0.2, -0.15) is 5.10 Å². The van der Waals surface area contributed by atoms with E-state index < -0.39 is 10.0 Å². The summed E-state index contributed by atoms with van der Waals surface area (Å²) in [5.74, 6) is 0.773. The number of nitrogens with zero attached hydrogens (tertiary/aromatic N) is 4. The lowest BCUT2D eigenvalue weighted by atomic mass is 10.1. The van der Waals surface area contributed by atoms with Gasteiger partial charge in [-0.3, -0.25) is 13.8 Å². The van der Waals surface area contributed by atoms with Crippen LogP contribution in [0.15, 0.2) is 29.1 Å². The molecule has 1 aromatic carbocycles. The maximum atomic E-state index is 12.5. The van der Waals surface area contributed by atoms with Crippen molar-refractivity contribution >= 4 is 26.7 Å². The summed E-state index contributed by atoms with van der Waals surface area (Å²) < 4.78 is 27.1. The number of anilines is 1. The van der Waals surface area contributed by atoms with Crippen molar-refractivity contribution in [2.24, 2.45) is 7.05 Å². The average Bonchev–Trinajstić information content (AvgIpc) is 3.15. The Hall–Kier alpha value is -2.68. The van der Waals surface area contributed by atoms with E-state index in [1.54, 1.807) is 23.9 Å². The number of rotatable bonds is 5. The van der Waals surface area contributed by atoms with E-state index >= 15 is 0 Å². The van der Waals surface area contributed by atoms with Crippen molar-refractivity contribution in [1.82, 2.24) is 19.7 Å². The lowest BCUT2D eigenvalue weighted by molar-refractivity contribution is 0.599. The fourth-order valence-electron chi connectivity index (χ4n) is 3.69. The molecule has 4 rings (SSSR count). The Labute approximate surface area is 163 Å². The predicted molar refractivity (Wildman–Crippen MR) is 108 cm³/mol. The normalized spacial score (nSPS) is 16.1. The Morgan fingerprint density at radius 2 is 1.96 bits per heavy atom. The molecular formula is C19H23N5O3S. The highest BCUT2D eigenvalue weighted by Gasteiger charge is 2.28. The van der Waals surface area contributed by atoms with Crippen molar-refractivity contribution in [2.75, 3.05) is 16.6 Å². The van der Waals surface area contributed by atoms with Gasteiger partial charge in [-0.1, -0.05) is 25.5 Å². The summed E-state index contributed by atoms with van der Waals surface area (Å²) in [6, 6.07) is 7.37. The second-order valence-corrected chi connectivity index (χ2v) is 9.13. The summed E-state index contributed by atoms with van der Waals surface area (Å²) in [4.78, 5) is 20.0. The average molecular weight is 401 g/mol. The number of sulfonamides is 1. The quantitative estimate of drug-likeness (QED) is 0.702. The van der Waals surface area contributed by atoms with E-state index in [2.05, 4.69) is 22.0 Å². The molecule has 0 saturated carbocycles. The molecule has 1 fully saturated rings. The highest BCUT2D eigenvalue weighted by atomic mass is 32.2. The van der Waals surface area contributed by atoms with Gasteiger partial charge in [0, 0.05) is 20.0 Å². The van der Waals surface area contributed by atoms with E-state index in [1.807, 2.05) is 12.1 Å². The fraction of sp³-hybridized carbons (Fsp3) is 0.421. The van der Waals surface area contributed by atoms with Crippen LogP contribution in [0.5, 0.6) is 0 Å². The zero-order chi connectivity index (χ0) is 19.9. The largest absolute Gasteiger partial charge is 0.308 e. The number of benzene rings is 1. The van der Waals surface area contributed by atoms with Crippen LogP contribution in [0.1, 0.15) is 36.8 Å². The molecule has 2 aromatic heterocycles. The summed E-state index contributed by atoms with van der Waals surface area (Å²) in [5.41, 5.74) is 3.41. The molecule has 0 bridgehead atoms. The number of aryl methyl sites for hydroxylation is 2. The molecule has 8 nitrogen and oxygen atoms in total. The molecule has 9 heteroatoms. The van der Waals surface area contributed by atoms with Crippen molar-refractivity contribution in [3.8, 4) is 0 Å². The van der Waals surface area contributed by atoms with Crippen LogP contribution in [0.25, 0.3) is 11.0 Å². The SMILES string of the molecule is CCCc1nn(C)c2c(=O)[nH]c(Cc3ccc(N4CCCS4(=O)=O)cc3)nc12. The van der Waals surface area contributed by atoms with Crippen LogP contribution in [0.2, 0.25) is 0 Å². The molecular weight excluding hydrogens is 378 g/mol. The van der Waals surface area contributed by atoms with Gasteiger partial charge in [-0.05, 0) is 30.5 Å². The van der Waals surface area contributed by atoms with Gasteiger partial charge >= 0.3 is 0 Å². The molecule has 0 radical (unpaired) electrons. The highest BCUT2D eigenvalue weighted by Crippen LogP contribution is 2.24. The van der Waals surface area contributed by atoms with Crippen molar-refractivity contribution < 1.29 is 8.42 Å². The molecule has 3 heterocycles. The van der Waals surface area contributed by atoms with Crippen LogP contribution >= 0.6 is 0 Å². The number of nitrogens with one attached hydrogen (secondary N) is 1. The van der Waals surface area contributed by atoms with Crippen LogP contribution in [0.3, 0.4) is 0 Å². The highest BCUT2D eigenvalue weighted by molar-refractivity contribution is 7.93. The van der Waals surface area contributed by atoms with E-state index in [-0.39, 0.29) is 11.3 Å². The topological polar surface area (TPSA) is 101 Å². The molecule has 1 N–H and O–H groups in total. The van der Waals surface area contributed by atoms with Gasteiger partial charge in [-0.15, -0.1) is 0 Å². The lowest BCUT2D eigenvalue weighted by Gasteiger charge is -2.17. The molecule has 148 valence electrons.